The van der Waals surface area contributed by atoms with E-state index in [1.165, 1.54) is 11.3 Å². The molecule has 1 aromatic carbocycles. The molecule has 0 amide bonds. The van der Waals surface area contributed by atoms with Crippen molar-refractivity contribution in [3.8, 4) is 0 Å². The molecule has 1 aromatic rings. The summed E-state index contributed by atoms with van der Waals surface area (Å²) in [5.41, 5.74) is 8.56. The lowest BCUT2D eigenvalue weighted by atomic mass is 10.0. The molecule has 0 aliphatic carbocycles. The summed E-state index contributed by atoms with van der Waals surface area (Å²) in [7, 11) is 2.15. The van der Waals surface area contributed by atoms with Gasteiger partial charge in [-0.2, -0.15) is 0 Å². The largest absolute Gasteiger partial charge is 0.376 e. The summed E-state index contributed by atoms with van der Waals surface area (Å²) < 4.78 is 6.81. The van der Waals surface area contributed by atoms with Crippen LogP contribution in [0.4, 0.5) is 5.69 Å². The fourth-order valence-corrected chi connectivity index (χ4v) is 3.30. The van der Waals surface area contributed by atoms with Crippen LogP contribution in [0.2, 0.25) is 0 Å². The van der Waals surface area contributed by atoms with Gasteiger partial charge in [0.2, 0.25) is 0 Å². The molecule has 20 heavy (non-hydrogen) atoms. The molecule has 1 aliphatic rings. The first-order valence-corrected chi connectivity index (χ1v) is 8.20. The van der Waals surface area contributed by atoms with Gasteiger partial charge in [-0.25, -0.2) is 0 Å². The Labute approximate surface area is 130 Å². The number of ether oxygens (including phenoxy) is 1. The Morgan fingerprint density at radius 1 is 1.50 bits per heavy atom. The van der Waals surface area contributed by atoms with Crippen LogP contribution in [-0.4, -0.2) is 31.8 Å². The van der Waals surface area contributed by atoms with Crippen molar-refractivity contribution in [1.29, 1.82) is 0 Å². The molecular formula is C16H25BrN2O. The third kappa shape index (κ3) is 3.54. The van der Waals surface area contributed by atoms with E-state index >= 15 is 0 Å². The Kier molecular flexibility index (Phi) is 5.47. The summed E-state index contributed by atoms with van der Waals surface area (Å²) >= 11 is 3.68. The lowest BCUT2D eigenvalue weighted by Gasteiger charge is -2.29. The highest BCUT2D eigenvalue weighted by Gasteiger charge is 2.28. The normalized spacial score (nSPS) is 23.9. The molecule has 3 unspecified atom stereocenters. The Hall–Kier alpha value is -0.580. The summed E-state index contributed by atoms with van der Waals surface area (Å²) in [6.45, 7) is 5.14. The van der Waals surface area contributed by atoms with Gasteiger partial charge in [0.25, 0.3) is 0 Å². The summed E-state index contributed by atoms with van der Waals surface area (Å²) in [6, 6.07) is 7.27. The summed E-state index contributed by atoms with van der Waals surface area (Å²) in [4.78, 5) is 2.33. The summed E-state index contributed by atoms with van der Waals surface area (Å²) in [6.07, 6.45) is 3.32. The van der Waals surface area contributed by atoms with E-state index in [2.05, 4.69) is 59.9 Å². The van der Waals surface area contributed by atoms with Crippen LogP contribution in [0.15, 0.2) is 22.7 Å². The molecule has 4 heteroatoms. The van der Waals surface area contributed by atoms with Crippen molar-refractivity contribution in [3.63, 3.8) is 0 Å². The predicted molar refractivity (Wildman–Crippen MR) is 88.3 cm³/mol. The number of hydrogen-bond acceptors (Lipinski definition) is 3. The number of benzene rings is 1. The number of likely N-dealkylation sites (N-methyl/N-ethyl adjacent to an activating group) is 1. The zero-order chi connectivity index (χ0) is 14.7. The first-order chi connectivity index (χ1) is 9.52. The van der Waals surface area contributed by atoms with Gasteiger partial charge in [0.05, 0.1) is 12.1 Å². The highest BCUT2D eigenvalue weighted by molar-refractivity contribution is 9.10. The predicted octanol–water partition coefficient (Wildman–Crippen LogP) is 3.34. The molecular weight excluding hydrogens is 316 g/mol. The van der Waals surface area contributed by atoms with Gasteiger partial charge in [-0.3, -0.25) is 0 Å². The van der Waals surface area contributed by atoms with Crippen molar-refractivity contribution in [1.82, 2.24) is 0 Å². The second-order valence-electron chi connectivity index (χ2n) is 5.69. The first kappa shape index (κ1) is 15.8. The van der Waals surface area contributed by atoms with Crippen LogP contribution in [0.5, 0.6) is 0 Å². The molecule has 0 saturated carbocycles. The molecule has 2 rings (SSSR count). The zero-order valence-electron chi connectivity index (χ0n) is 12.6. The van der Waals surface area contributed by atoms with E-state index in [0.29, 0.717) is 12.1 Å². The van der Waals surface area contributed by atoms with Crippen molar-refractivity contribution >= 4 is 21.6 Å². The summed E-state index contributed by atoms with van der Waals surface area (Å²) in [5.74, 6) is 0. The van der Waals surface area contributed by atoms with E-state index in [9.17, 15) is 0 Å². The van der Waals surface area contributed by atoms with E-state index in [-0.39, 0.29) is 6.04 Å². The van der Waals surface area contributed by atoms with Crippen molar-refractivity contribution in [2.45, 2.75) is 51.3 Å². The van der Waals surface area contributed by atoms with E-state index in [1.54, 1.807) is 0 Å². The smallest absolute Gasteiger partial charge is 0.0750 e. The third-order valence-electron chi connectivity index (χ3n) is 4.28. The molecule has 1 saturated heterocycles. The van der Waals surface area contributed by atoms with Gasteiger partial charge >= 0.3 is 0 Å². The highest BCUT2D eigenvalue weighted by Crippen LogP contribution is 2.29. The number of nitrogens with two attached hydrogens (primary N) is 1. The number of hydrogen-bond donors (Lipinski definition) is 1. The maximum Gasteiger partial charge on any atom is 0.0750 e. The molecule has 0 aromatic heterocycles. The molecule has 3 atom stereocenters. The van der Waals surface area contributed by atoms with Gasteiger partial charge in [-0.15, -0.1) is 0 Å². The minimum Gasteiger partial charge on any atom is -0.376 e. The molecule has 1 aliphatic heterocycles. The van der Waals surface area contributed by atoms with Crippen molar-refractivity contribution in [2.24, 2.45) is 5.73 Å². The Morgan fingerprint density at radius 3 is 2.80 bits per heavy atom. The van der Waals surface area contributed by atoms with Gasteiger partial charge in [0, 0.05) is 29.9 Å². The molecule has 2 N–H and O–H groups in total. The van der Waals surface area contributed by atoms with E-state index in [1.807, 2.05) is 0 Å². The number of rotatable bonds is 5. The Bertz CT molecular complexity index is 452. The monoisotopic (exact) mass is 340 g/mol. The average Bonchev–Trinajstić information content (AvgIpc) is 2.86. The topological polar surface area (TPSA) is 38.5 Å². The van der Waals surface area contributed by atoms with E-state index in [4.69, 9.17) is 10.5 Å². The van der Waals surface area contributed by atoms with E-state index in [0.717, 1.165) is 30.3 Å². The quantitative estimate of drug-likeness (QED) is 0.893. The van der Waals surface area contributed by atoms with Gasteiger partial charge in [0.1, 0.15) is 0 Å². The van der Waals surface area contributed by atoms with Crippen LogP contribution in [0.3, 0.4) is 0 Å². The zero-order valence-corrected chi connectivity index (χ0v) is 14.2. The Balaban J connectivity index is 2.12. The number of halogens is 1. The van der Waals surface area contributed by atoms with Crippen LogP contribution in [-0.2, 0) is 11.2 Å². The average molecular weight is 341 g/mol. The van der Waals surface area contributed by atoms with Gasteiger partial charge in [0.15, 0.2) is 0 Å². The molecule has 0 spiro atoms. The van der Waals surface area contributed by atoms with Gasteiger partial charge < -0.3 is 15.4 Å². The fraction of sp³-hybridized carbons (Fsp3) is 0.625. The molecule has 112 valence electrons. The molecule has 3 nitrogen and oxygen atoms in total. The highest BCUT2D eigenvalue weighted by atomic mass is 79.9. The number of anilines is 1. The van der Waals surface area contributed by atoms with Gasteiger partial charge in [-0.05, 0) is 43.9 Å². The SMILES string of the molecule is CCC(N)Cc1ccc(N(C)C2CCOC2C)cc1Br. The molecule has 1 heterocycles. The minimum absolute atomic E-state index is 0.234. The van der Waals surface area contributed by atoms with Crippen LogP contribution >= 0.6 is 15.9 Å². The maximum atomic E-state index is 6.04. The lowest BCUT2D eigenvalue weighted by molar-refractivity contribution is 0.118. The van der Waals surface area contributed by atoms with Crippen molar-refractivity contribution in [3.05, 3.63) is 28.2 Å². The minimum atomic E-state index is 0.234. The standard InChI is InChI=1S/C16H25BrN2O/c1-4-13(18)9-12-5-6-14(10-15(12)17)19(3)16-7-8-20-11(16)2/h5-6,10-11,13,16H,4,7-9,18H2,1-3H3. The maximum absolute atomic E-state index is 6.04. The summed E-state index contributed by atoms with van der Waals surface area (Å²) in [5, 5.41) is 0. The fourth-order valence-electron chi connectivity index (χ4n) is 2.77. The molecule has 0 radical (unpaired) electrons. The second kappa shape index (κ2) is 6.92. The molecule has 1 fully saturated rings. The molecule has 0 bridgehead atoms. The van der Waals surface area contributed by atoms with E-state index < -0.39 is 0 Å². The lowest BCUT2D eigenvalue weighted by Crippen LogP contribution is -2.36. The Morgan fingerprint density at radius 2 is 2.25 bits per heavy atom. The first-order valence-electron chi connectivity index (χ1n) is 7.41. The van der Waals surface area contributed by atoms with Gasteiger partial charge in [-0.1, -0.05) is 28.9 Å². The van der Waals surface area contributed by atoms with Crippen molar-refractivity contribution < 1.29 is 4.74 Å². The third-order valence-corrected chi connectivity index (χ3v) is 5.02. The van der Waals surface area contributed by atoms with Crippen LogP contribution in [0.1, 0.15) is 32.3 Å². The number of nitrogens with zero attached hydrogens (tertiary/aromatic N) is 1. The van der Waals surface area contributed by atoms with Crippen LogP contribution in [0, 0.1) is 0 Å². The van der Waals surface area contributed by atoms with Crippen molar-refractivity contribution in [2.75, 3.05) is 18.6 Å². The van der Waals surface area contributed by atoms with Crippen LogP contribution < -0.4 is 10.6 Å². The van der Waals surface area contributed by atoms with Crippen LogP contribution in [0.25, 0.3) is 0 Å². The second-order valence-corrected chi connectivity index (χ2v) is 6.55.